The number of esters is 1. The lowest BCUT2D eigenvalue weighted by atomic mass is 9.97. The molecule has 1 saturated heterocycles. The Hall–Kier alpha value is -3.43. The van der Waals surface area contributed by atoms with Gasteiger partial charge in [-0.15, -0.1) is 0 Å². The number of H-pyrrole nitrogens is 1. The molecule has 1 N–H and O–H groups in total. The summed E-state index contributed by atoms with van der Waals surface area (Å²) in [6.45, 7) is 2.84. The Morgan fingerprint density at radius 2 is 2.00 bits per heavy atom. The predicted octanol–water partition coefficient (Wildman–Crippen LogP) is 1.95. The molecule has 2 heterocycles. The van der Waals surface area contributed by atoms with Gasteiger partial charge >= 0.3 is 5.97 Å². The van der Waals surface area contributed by atoms with Crippen molar-refractivity contribution in [2.45, 2.75) is 19.8 Å². The highest BCUT2D eigenvalue weighted by Crippen LogP contribution is 2.26. The lowest BCUT2D eigenvalue weighted by Gasteiger charge is -2.32. The molecule has 1 fully saturated rings. The minimum atomic E-state index is -0.514. The first-order chi connectivity index (χ1) is 14.3. The maximum atomic E-state index is 12.7. The molecule has 0 atom stereocenters. The minimum Gasteiger partial charge on any atom is -0.466 e. The Kier molecular flexibility index (Phi) is 6.34. The molecule has 0 saturated carbocycles. The number of hydrogen-bond donors (Lipinski definition) is 1. The van der Waals surface area contributed by atoms with E-state index < -0.39 is 10.8 Å². The standard InChI is InChI=1S/C20H24N4O6/c1-3-30-20(27)13-7-9-23(10-8-13)17(25)12-22(2)19(26)15-11-14-5-4-6-16(24(28)29)18(14)21-15/h4-6,11,13,21H,3,7-10,12H2,1-2H3. The Morgan fingerprint density at radius 3 is 2.63 bits per heavy atom. The zero-order chi connectivity index (χ0) is 21.8. The molecule has 0 spiro atoms. The van der Waals surface area contributed by atoms with Gasteiger partial charge in [-0.2, -0.15) is 0 Å². The van der Waals surface area contributed by atoms with Gasteiger partial charge < -0.3 is 19.5 Å². The molecule has 10 heteroatoms. The number of ether oxygens (including phenoxy) is 1. The van der Waals surface area contributed by atoms with E-state index in [1.165, 1.54) is 24.1 Å². The average Bonchev–Trinajstić information content (AvgIpc) is 3.17. The number of carbonyl (C=O) groups is 3. The van der Waals surface area contributed by atoms with Gasteiger partial charge in [0.1, 0.15) is 11.2 Å². The monoisotopic (exact) mass is 416 g/mol. The molecular weight excluding hydrogens is 392 g/mol. The Bertz CT molecular complexity index is 977. The highest BCUT2D eigenvalue weighted by molar-refractivity contribution is 6.01. The summed E-state index contributed by atoms with van der Waals surface area (Å²) < 4.78 is 5.03. The molecule has 2 amide bonds. The third-order valence-electron chi connectivity index (χ3n) is 5.25. The van der Waals surface area contributed by atoms with E-state index in [9.17, 15) is 24.5 Å². The topological polar surface area (TPSA) is 126 Å². The summed E-state index contributed by atoms with van der Waals surface area (Å²) in [6, 6.07) is 6.13. The number of carbonyl (C=O) groups excluding carboxylic acids is 3. The van der Waals surface area contributed by atoms with Crippen molar-refractivity contribution in [3.63, 3.8) is 0 Å². The second-order valence-corrected chi connectivity index (χ2v) is 7.25. The summed E-state index contributed by atoms with van der Waals surface area (Å²) in [7, 11) is 1.51. The highest BCUT2D eigenvalue weighted by atomic mass is 16.6. The van der Waals surface area contributed by atoms with Crippen LogP contribution in [0.15, 0.2) is 24.3 Å². The fraction of sp³-hybridized carbons (Fsp3) is 0.450. The third-order valence-corrected chi connectivity index (χ3v) is 5.25. The zero-order valence-electron chi connectivity index (χ0n) is 16.9. The molecule has 1 aromatic heterocycles. The van der Waals surface area contributed by atoms with Gasteiger partial charge in [0.25, 0.3) is 11.6 Å². The van der Waals surface area contributed by atoms with Crippen molar-refractivity contribution in [3.05, 3.63) is 40.1 Å². The van der Waals surface area contributed by atoms with Crippen LogP contribution in [0.5, 0.6) is 0 Å². The fourth-order valence-corrected chi connectivity index (χ4v) is 3.61. The van der Waals surface area contributed by atoms with Gasteiger partial charge in [0.2, 0.25) is 5.91 Å². The number of aromatic nitrogens is 1. The van der Waals surface area contributed by atoms with Crippen molar-refractivity contribution in [2.75, 3.05) is 33.3 Å². The summed E-state index contributed by atoms with van der Waals surface area (Å²) in [4.78, 5) is 53.5. The molecule has 1 aliphatic heterocycles. The first-order valence-electron chi connectivity index (χ1n) is 9.77. The van der Waals surface area contributed by atoms with Crippen molar-refractivity contribution in [1.82, 2.24) is 14.8 Å². The first kappa shape index (κ1) is 21.3. The van der Waals surface area contributed by atoms with Crippen LogP contribution in [-0.4, -0.2) is 70.8 Å². The molecule has 0 bridgehead atoms. The van der Waals surface area contributed by atoms with Gasteiger partial charge in [-0.05, 0) is 25.8 Å². The van der Waals surface area contributed by atoms with Crippen LogP contribution >= 0.6 is 0 Å². The molecular formula is C20H24N4O6. The number of nitrogens with one attached hydrogen (secondary N) is 1. The number of rotatable bonds is 6. The maximum Gasteiger partial charge on any atom is 0.309 e. The number of likely N-dealkylation sites (N-methyl/N-ethyl adjacent to an activating group) is 1. The number of para-hydroxylation sites is 1. The molecule has 30 heavy (non-hydrogen) atoms. The number of hydrogen-bond acceptors (Lipinski definition) is 6. The second kappa shape index (κ2) is 8.93. The molecule has 0 aliphatic carbocycles. The lowest BCUT2D eigenvalue weighted by molar-refractivity contribution is -0.383. The van der Waals surface area contributed by atoms with E-state index in [0.717, 1.165) is 0 Å². The summed E-state index contributed by atoms with van der Waals surface area (Å²) in [5, 5.41) is 11.7. The molecule has 10 nitrogen and oxygen atoms in total. The van der Waals surface area contributed by atoms with Gasteiger partial charge in [0.15, 0.2) is 0 Å². The highest BCUT2D eigenvalue weighted by Gasteiger charge is 2.29. The summed E-state index contributed by atoms with van der Waals surface area (Å²) in [5.41, 5.74) is 0.331. The van der Waals surface area contributed by atoms with Crippen LogP contribution in [0.2, 0.25) is 0 Å². The van der Waals surface area contributed by atoms with Crippen molar-refractivity contribution in [1.29, 1.82) is 0 Å². The zero-order valence-corrected chi connectivity index (χ0v) is 16.9. The van der Waals surface area contributed by atoms with E-state index in [2.05, 4.69) is 4.98 Å². The van der Waals surface area contributed by atoms with Crippen molar-refractivity contribution >= 4 is 34.4 Å². The van der Waals surface area contributed by atoms with Crippen LogP contribution in [0.4, 0.5) is 5.69 Å². The Labute approximate surface area is 172 Å². The molecule has 3 rings (SSSR count). The van der Waals surface area contributed by atoms with Crippen LogP contribution < -0.4 is 0 Å². The summed E-state index contributed by atoms with van der Waals surface area (Å²) in [5.74, 6) is -1.08. The number of fused-ring (bicyclic) bond motifs is 1. The number of nitro benzene ring substituents is 1. The van der Waals surface area contributed by atoms with Crippen LogP contribution in [-0.2, 0) is 14.3 Å². The summed E-state index contributed by atoms with van der Waals surface area (Å²) in [6.07, 6.45) is 1.07. The normalized spacial score (nSPS) is 14.5. The van der Waals surface area contributed by atoms with Gasteiger partial charge in [0, 0.05) is 31.6 Å². The SMILES string of the molecule is CCOC(=O)C1CCN(C(=O)CN(C)C(=O)c2cc3cccc([N+](=O)[O-])c3[nH]2)CC1. The number of non-ortho nitro benzene ring substituents is 1. The Morgan fingerprint density at radius 1 is 1.30 bits per heavy atom. The molecule has 0 unspecified atom stereocenters. The van der Waals surface area contributed by atoms with E-state index in [0.29, 0.717) is 37.9 Å². The predicted molar refractivity (Wildman–Crippen MR) is 108 cm³/mol. The van der Waals surface area contributed by atoms with Crippen LogP contribution in [0.1, 0.15) is 30.3 Å². The van der Waals surface area contributed by atoms with E-state index >= 15 is 0 Å². The number of nitrogens with zero attached hydrogens (tertiary/aromatic N) is 3. The fourth-order valence-electron chi connectivity index (χ4n) is 3.61. The third kappa shape index (κ3) is 4.42. The van der Waals surface area contributed by atoms with Gasteiger partial charge in [-0.1, -0.05) is 12.1 Å². The average molecular weight is 416 g/mol. The van der Waals surface area contributed by atoms with Crippen molar-refractivity contribution in [2.24, 2.45) is 5.92 Å². The molecule has 1 aromatic carbocycles. The van der Waals surface area contributed by atoms with Crippen molar-refractivity contribution < 1.29 is 24.0 Å². The molecule has 1 aliphatic rings. The van der Waals surface area contributed by atoms with Crippen LogP contribution in [0, 0.1) is 16.0 Å². The molecule has 2 aromatic rings. The Balaban J connectivity index is 1.61. The number of benzene rings is 1. The van der Waals surface area contributed by atoms with E-state index in [-0.39, 0.29) is 41.2 Å². The van der Waals surface area contributed by atoms with E-state index in [1.54, 1.807) is 24.0 Å². The first-order valence-corrected chi connectivity index (χ1v) is 9.77. The number of likely N-dealkylation sites (tertiary alicyclic amines) is 1. The summed E-state index contributed by atoms with van der Waals surface area (Å²) >= 11 is 0. The van der Waals surface area contributed by atoms with Gasteiger partial charge in [-0.3, -0.25) is 24.5 Å². The number of aromatic amines is 1. The lowest BCUT2D eigenvalue weighted by Crippen LogP contribution is -2.45. The molecule has 0 radical (unpaired) electrons. The second-order valence-electron chi connectivity index (χ2n) is 7.25. The van der Waals surface area contributed by atoms with E-state index in [1.807, 2.05) is 0 Å². The number of nitro groups is 1. The van der Waals surface area contributed by atoms with Crippen LogP contribution in [0.25, 0.3) is 10.9 Å². The number of amides is 2. The smallest absolute Gasteiger partial charge is 0.309 e. The quantitative estimate of drug-likeness (QED) is 0.436. The largest absolute Gasteiger partial charge is 0.466 e. The van der Waals surface area contributed by atoms with E-state index in [4.69, 9.17) is 4.74 Å². The number of piperidine rings is 1. The van der Waals surface area contributed by atoms with Crippen LogP contribution in [0.3, 0.4) is 0 Å². The minimum absolute atomic E-state index is 0.116. The van der Waals surface area contributed by atoms with Crippen molar-refractivity contribution in [3.8, 4) is 0 Å². The van der Waals surface area contributed by atoms with Gasteiger partial charge in [-0.25, -0.2) is 0 Å². The maximum absolute atomic E-state index is 12.7. The molecule has 160 valence electrons. The van der Waals surface area contributed by atoms with Gasteiger partial charge in [0.05, 0.1) is 24.0 Å².